The molecule has 0 radical (unpaired) electrons. The van der Waals surface area contributed by atoms with Gasteiger partial charge in [-0.15, -0.1) is 0 Å². The molecule has 1 heterocycles. The number of aromatic nitrogens is 2. The van der Waals surface area contributed by atoms with Crippen LogP contribution in [-0.4, -0.2) is 24.6 Å². The van der Waals surface area contributed by atoms with E-state index in [4.69, 9.17) is 0 Å². The first-order chi connectivity index (χ1) is 7.46. The van der Waals surface area contributed by atoms with Crippen LogP contribution >= 0.6 is 0 Å². The van der Waals surface area contributed by atoms with Gasteiger partial charge in [-0.1, -0.05) is 0 Å². The molecule has 2 rings (SSSR count). The molecule has 0 aliphatic heterocycles. The maximum atomic E-state index is 11.1. The summed E-state index contributed by atoms with van der Waals surface area (Å²) >= 11 is 0. The highest BCUT2D eigenvalue weighted by Gasteiger charge is 2.16. The van der Waals surface area contributed by atoms with Crippen molar-refractivity contribution in [3.63, 3.8) is 0 Å². The number of nitrogens with zero attached hydrogens (tertiary/aromatic N) is 2. The zero-order valence-electron chi connectivity index (χ0n) is 9.45. The van der Waals surface area contributed by atoms with Crippen LogP contribution in [0.5, 0.6) is 0 Å². The van der Waals surface area contributed by atoms with Crippen molar-refractivity contribution in [3.05, 3.63) is 17.0 Å². The van der Waals surface area contributed by atoms with Crippen LogP contribution in [0.4, 0.5) is 5.95 Å². The van der Waals surface area contributed by atoms with E-state index in [2.05, 4.69) is 14.7 Å². The Kier molecular flexibility index (Phi) is 2.84. The Labute approximate surface area is 95.4 Å². The summed E-state index contributed by atoms with van der Waals surface area (Å²) in [5.74, 6) is 0.195. The van der Waals surface area contributed by atoms with Crippen LogP contribution in [0.3, 0.4) is 0 Å². The minimum atomic E-state index is -3.30. The van der Waals surface area contributed by atoms with Gasteiger partial charge in [0.2, 0.25) is 16.0 Å². The fourth-order valence-corrected chi connectivity index (χ4v) is 2.42. The van der Waals surface area contributed by atoms with Gasteiger partial charge in [-0.25, -0.2) is 18.4 Å². The van der Waals surface area contributed by atoms with Gasteiger partial charge in [-0.3, -0.25) is 4.72 Å². The minimum absolute atomic E-state index is 0.195. The molecule has 0 saturated carbocycles. The predicted molar refractivity (Wildman–Crippen MR) is 61.9 cm³/mol. The summed E-state index contributed by atoms with van der Waals surface area (Å²) in [5, 5.41) is 0. The van der Waals surface area contributed by atoms with E-state index in [1.54, 1.807) is 0 Å². The van der Waals surface area contributed by atoms with Crippen LogP contribution < -0.4 is 4.72 Å². The Morgan fingerprint density at radius 2 is 1.88 bits per heavy atom. The van der Waals surface area contributed by atoms with Crippen molar-refractivity contribution in [2.75, 3.05) is 11.0 Å². The van der Waals surface area contributed by atoms with E-state index in [0.29, 0.717) is 0 Å². The number of sulfonamides is 1. The summed E-state index contributed by atoms with van der Waals surface area (Å²) in [6.45, 7) is 1.90. The van der Waals surface area contributed by atoms with Gasteiger partial charge in [-0.05, 0) is 38.2 Å². The number of fused-ring (bicyclic) bond motifs is 1. The lowest BCUT2D eigenvalue weighted by Crippen LogP contribution is -2.16. The number of aryl methyl sites for hydroxylation is 2. The van der Waals surface area contributed by atoms with Crippen molar-refractivity contribution in [3.8, 4) is 0 Å². The summed E-state index contributed by atoms with van der Waals surface area (Å²) in [6, 6.07) is 0. The maximum Gasteiger partial charge on any atom is 0.236 e. The van der Waals surface area contributed by atoms with Gasteiger partial charge in [-0.2, -0.15) is 0 Å². The topological polar surface area (TPSA) is 72.0 Å². The smallest absolute Gasteiger partial charge is 0.236 e. The van der Waals surface area contributed by atoms with E-state index in [0.717, 1.165) is 43.3 Å². The van der Waals surface area contributed by atoms with Crippen LogP contribution in [0.2, 0.25) is 0 Å². The molecule has 0 spiro atoms. The Bertz CT molecular complexity index is 511. The summed E-state index contributed by atoms with van der Waals surface area (Å²) in [5.41, 5.74) is 3.06. The van der Waals surface area contributed by atoms with Gasteiger partial charge in [0.25, 0.3) is 0 Å². The lowest BCUT2D eigenvalue weighted by Gasteiger charge is -2.17. The van der Waals surface area contributed by atoms with Crippen LogP contribution in [0, 0.1) is 6.92 Å². The van der Waals surface area contributed by atoms with Gasteiger partial charge in [0.15, 0.2) is 0 Å². The van der Waals surface area contributed by atoms with Crippen LogP contribution in [0.1, 0.15) is 29.8 Å². The minimum Gasteiger partial charge on any atom is -0.251 e. The monoisotopic (exact) mass is 241 g/mol. The number of hydrogen-bond acceptors (Lipinski definition) is 4. The third-order valence-electron chi connectivity index (χ3n) is 2.67. The molecule has 0 unspecified atom stereocenters. The highest BCUT2D eigenvalue weighted by molar-refractivity contribution is 7.91. The van der Waals surface area contributed by atoms with E-state index >= 15 is 0 Å². The average Bonchev–Trinajstić information content (AvgIpc) is 2.15. The third kappa shape index (κ3) is 2.49. The number of rotatable bonds is 2. The van der Waals surface area contributed by atoms with Crippen LogP contribution in [0.15, 0.2) is 0 Å². The molecule has 0 atom stereocenters. The normalized spacial score (nSPS) is 15.6. The molecule has 1 N–H and O–H groups in total. The van der Waals surface area contributed by atoms with Gasteiger partial charge in [0.1, 0.15) is 0 Å². The summed E-state index contributed by atoms with van der Waals surface area (Å²) in [6.07, 6.45) is 5.29. The fourth-order valence-electron chi connectivity index (χ4n) is 1.99. The molecule has 1 aliphatic rings. The molecule has 0 fully saturated rings. The lowest BCUT2D eigenvalue weighted by molar-refractivity contribution is 0.606. The van der Waals surface area contributed by atoms with E-state index in [1.807, 2.05) is 6.92 Å². The average molecular weight is 241 g/mol. The highest BCUT2D eigenvalue weighted by Crippen LogP contribution is 2.22. The van der Waals surface area contributed by atoms with Crippen molar-refractivity contribution in [2.45, 2.75) is 32.6 Å². The molecule has 0 amide bonds. The molecule has 0 bridgehead atoms. The number of hydrogen-bond donors (Lipinski definition) is 1. The van der Waals surface area contributed by atoms with Gasteiger partial charge in [0.05, 0.1) is 6.26 Å². The quantitative estimate of drug-likeness (QED) is 0.839. The second kappa shape index (κ2) is 4.01. The second-order valence-corrected chi connectivity index (χ2v) is 5.89. The molecule has 88 valence electrons. The molecule has 0 saturated heterocycles. The molecule has 16 heavy (non-hydrogen) atoms. The second-order valence-electron chi connectivity index (χ2n) is 4.14. The first kappa shape index (κ1) is 11.3. The van der Waals surface area contributed by atoms with Crippen molar-refractivity contribution in [1.82, 2.24) is 9.97 Å². The summed E-state index contributed by atoms with van der Waals surface area (Å²) in [4.78, 5) is 8.43. The highest BCUT2D eigenvalue weighted by atomic mass is 32.2. The third-order valence-corrected chi connectivity index (χ3v) is 3.22. The Hall–Kier alpha value is -1.17. The molecule has 1 aromatic heterocycles. The fraction of sp³-hybridized carbons (Fsp3) is 0.600. The maximum absolute atomic E-state index is 11.1. The van der Waals surface area contributed by atoms with Gasteiger partial charge >= 0.3 is 0 Å². The largest absolute Gasteiger partial charge is 0.251 e. The van der Waals surface area contributed by atoms with Crippen molar-refractivity contribution in [2.24, 2.45) is 0 Å². The predicted octanol–water partition coefficient (Wildman–Crippen LogP) is 1.04. The number of anilines is 1. The first-order valence-electron chi connectivity index (χ1n) is 5.30. The molecule has 0 aromatic carbocycles. The Morgan fingerprint density at radius 1 is 1.19 bits per heavy atom. The van der Waals surface area contributed by atoms with Crippen molar-refractivity contribution >= 4 is 16.0 Å². The first-order valence-corrected chi connectivity index (χ1v) is 7.19. The molecular weight excluding hydrogens is 226 g/mol. The van der Waals surface area contributed by atoms with Gasteiger partial charge in [0, 0.05) is 11.4 Å². The van der Waals surface area contributed by atoms with Crippen LogP contribution in [-0.2, 0) is 22.9 Å². The van der Waals surface area contributed by atoms with E-state index in [-0.39, 0.29) is 5.95 Å². The Balaban J connectivity index is 2.39. The van der Waals surface area contributed by atoms with Crippen LogP contribution in [0.25, 0.3) is 0 Å². The van der Waals surface area contributed by atoms with E-state index in [9.17, 15) is 8.42 Å². The van der Waals surface area contributed by atoms with Gasteiger partial charge < -0.3 is 0 Å². The zero-order chi connectivity index (χ0) is 11.8. The SMILES string of the molecule is Cc1nc(NS(C)(=O)=O)nc2c1CCCC2. The van der Waals surface area contributed by atoms with Crippen molar-refractivity contribution in [1.29, 1.82) is 0 Å². The summed E-state index contributed by atoms with van der Waals surface area (Å²) < 4.78 is 24.5. The zero-order valence-corrected chi connectivity index (χ0v) is 10.3. The molecule has 1 aliphatic carbocycles. The standard InChI is InChI=1S/C10H15N3O2S/c1-7-8-5-3-4-6-9(8)12-10(11-7)13-16(2,14)15/h3-6H2,1-2H3,(H,11,12,13). The van der Waals surface area contributed by atoms with E-state index < -0.39 is 10.0 Å². The Morgan fingerprint density at radius 3 is 2.56 bits per heavy atom. The molecular formula is C10H15N3O2S. The van der Waals surface area contributed by atoms with Crippen molar-refractivity contribution < 1.29 is 8.42 Å². The van der Waals surface area contributed by atoms with E-state index in [1.165, 1.54) is 5.56 Å². The number of nitrogens with one attached hydrogen (secondary N) is 1. The lowest BCUT2D eigenvalue weighted by atomic mass is 9.95. The molecule has 5 nitrogen and oxygen atoms in total. The molecule has 6 heteroatoms. The summed E-state index contributed by atoms with van der Waals surface area (Å²) in [7, 11) is -3.30. The molecule has 1 aromatic rings.